The molecule has 0 radical (unpaired) electrons. The average Bonchev–Trinajstić information content (AvgIpc) is 2.77. The monoisotopic (exact) mass is 262 g/mol. The van der Waals surface area contributed by atoms with Crippen LogP contribution in [0.2, 0.25) is 0 Å². The van der Waals surface area contributed by atoms with Crippen LogP contribution in [0.15, 0.2) is 30.5 Å². The highest BCUT2D eigenvalue weighted by Crippen LogP contribution is 2.20. The van der Waals surface area contributed by atoms with Crippen molar-refractivity contribution >= 4 is 28.1 Å². The summed E-state index contributed by atoms with van der Waals surface area (Å²) in [6.07, 6.45) is 3.09. The molecule has 0 aliphatic carbocycles. The fraction of sp³-hybridized carbons (Fsp3) is 0.357. The lowest BCUT2D eigenvalue weighted by Gasteiger charge is -2.07. The van der Waals surface area contributed by atoms with Crippen LogP contribution >= 0.6 is 12.2 Å². The normalized spacial score (nSPS) is 10.9. The summed E-state index contributed by atoms with van der Waals surface area (Å²) in [5, 5.41) is 1.13. The topological polar surface area (TPSA) is 40.2 Å². The Labute approximate surface area is 113 Å². The van der Waals surface area contributed by atoms with Crippen LogP contribution in [-0.2, 0) is 11.3 Å². The van der Waals surface area contributed by atoms with E-state index in [1.54, 1.807) is 0 Å². The third-order valence-corrected chi connectivity index (χ3v) is 3.19. The first-order valence-corrected chi connectivity index (χ1v) is 6.60. The van der Waals surface area contributed by atoms with Crippen molar-refractivity contribution in [2.75, 3.05) is 13.2 Å². The summed E-state index contributed by atoms with van der Waals surface area (Å²) < 4.78 is 7.57. The van der Waals surface area contributed by atoms with E-state index in [2.05, 4.69) is 22.9 Å². The van der Waals surface area contributed by atoms with Gasteiger partial charge < -0.3 is 15.0 Å². The molecule has 2 rings (SSSR count). The highest BCUT2D eigenvalue weighted by Gasteiger charge is 2.06. The Hall–Kier alpha value is -1.39. The maximum atomic E-state index is 5.73. The number of hydrogen-bond acceptors (Lipinski definition) is 2. The van der Waals surface area contributed by atoms with Crippen molar-refractivity contribution in [3.05, 3.63) is 36.0 Å². The first kappa shape index (κ1) is 13.1. The van der Waals surface area contributed by atoms with Gasteiger partial charge in [0.1, 0.15) is 4.99 Å². The molecule has 0 saturated carbocycles. The van der Waals surface area contributed by atoms with E-state index in [1.165, 1.54) is 5.52 Å². The fourth-order valence-corrected chi connectivity index (χ4v) is 2.29. The predicted molar refractivity (Wildman–Crippen MR) is 78.9 cm³/mol. The van der Waals surface area contributed by atoms with Crippen LogP contribution in [0.25, 0.3) is 10.9 Å². The third-order valence-electron chi connectivity index (χ3n) is 2.97. The zero-order valence-corrected chi connectivity index (χ0v) is 11.4. The van der Waals surface area contributed by atoms with E-state index in [0.29, 0.717) is 4.99 Å². The zero-order chi connectivity index (χ0) is 13.0. The highest BCUT2D eigenvalue weighted by atomic mass is 32.1. The maximum Gasteiger partial charge on any atom is 0.104 e. The number of thiocarbonyl (C=S) groups is 1. The molecule has 3 nitrogen and oxygen atoms in total. The molecule has 0 fully saturated rings. The highest BCUT2D eigenvalue weighted by molar-refractivity contribution is 7.80. The Morgan fingerprint density at radius 3 is 2.94 bits per heavy atom. The van der Waals surface area contributed by atoms with Crippen LogP contribution in [0.3, 0.4) is 0 Å². The van der Waals surface area contributed by atoms with Crippen LogP contribution in [-0.4, -0.2) is 22.8 Å². The first-order valence-electron chi connectivity index (χ1n) is 6.19. The van der Waals surface area contributed by atoms with Crippen LogP contribution < -0.4 is 5.73 Å². The Morgan fingerprint density at radius 1 is 1.39 bits per heavy atom. The number of hydrogen-bond donors (Lipinski definition) is 1. The maximum absolute atomic E-state index is 5.73. The largest absolute Gasteiger partial charge is 0.389 e. The van der Waals surface area contributed by atoms with Gasteiger partial charge >= 0.3 is 0 Å². The average molecular weight is 262 g/mol. The molecule has 0 aliphatic heterocycles. The number of aryl methyl sites for hydroxylation is 1. The van der Waals surface area contributed by atoms with Crippen molar-refractivity contribution < 1.29 is 4.74 Å². The van der Waals surface area contributed by atoms with Gasteiger partial charge in [-0.3, -0.25) is 0 Å². The number of fused-ring (bicyclic) bond motifs is 1. The molecule has 1 aromatic heterocycles. The Balaban J connectivity index is 2.20. The molecule has 1 heterocycles. The molecular weight excluding hydrogens is 244 g/mol. The number of ether oxygens (including phenoxy) is 1. The smallest absolute Gasteiger partial charge is 0.104 e. The minimum absolute atomic E-state index is 0.452. The van der Waals surface area contributed by atoms with Gasteiger partial charge in [0.15, 0.2) is 0 Å². The number of rotatable bonds is 6. The van der Waals surface area contributed by atoms with E-state index in [9.17, 15) is 0 Å². The molecule has 0 unspecified atom stereocenters. The second-order valence-corrected chi connectivity index (χ2v) is 4.60. The second kappa shape index (κ2) is 5.98. The van der Waals surface area contributed by atoms with Gasteiger partial charge in [-0.1, -0.05) is 24.4 Å². The SMILES string of the molecule is CCOCCCn1ccc2c(C(N)=S)cccc21. The van der Waals surface area contributed by atoms with Crippen LogP contribution in [0.1, 0.15) is 18.9 Å². The number of benzene rings is 1. The van der Waals surface area contributed by atoms with E-state index < -0.39 is 0 Å². The van der Waals surface area contributed by atoms with Crippen molar-refractivity contribution in [1.29, 1.82) is 0 Å². The van der Waals surface area contributed by atoms with Gasteiger partial charge in [0.05, 0.1) is 0 Å². The Kier molecular flexibility index (Phi) is 4.33. The van der Waals surface area contributed by atoms with Gasteiger partial charge in [-0.05, 0) is 25.5 Å². The molecule has 0 amide bonds. The van der Waals surface area contributed by atoms with E-state index >= 15 is 0 Å². The molecule has 18 heavy (non-hydrogen) atoms. The lowest BCUT2D eigenvalue weighted by molar-refractivity contribution is 0.142. The quantitative estimate of drug-likeness (QED) is 0.643. The molecule has 0 spiro atoms. The molecule has 96 valence electrons. The molecule has 0 aliphatic rings. The molecule has 2 aromatic rings. The lowest BCUT2D eigenvalue weighted by Crippen LogP contribution is -2.09. The predicted octanol–water partition coefficient (Wildman–Crippen LogP) is 2.70. The Bertz CT molecular complexity index is 548. The standard InChI is InChI=1S/C14H18N2OS/c1-2-17-10-4-8-16-9-7-11-12(14(15)18)5-3-6-13(11)16/h3,5-7,9H,2,4,8,10H2,1H3,(H2,15,18). The zero-order valence-electron chi connectivity index (χ0n) is 10.6. The number of aromatic nitrogens is 1. The summed E-state index contributed by atoms with van der Waals surface area (Å²) in [5.74, 6) is 0. The molecule has 4 heteroatoms. The van der Waals surface area contributed by atoms with Crippen molar-refractivity contribution in [1.82, 2.24) is 4.57 Å². The van der Waals surface area contributed by atoms with E-state index in [0.717, 1.165) is 37.1 Å². The number of nitrogens with two attached hydrogens (primary N) is 1. The summed E-state index contributed by atoms with van der Waals surface area (Å²) >= 11 is 5.07. The van der Waals surface area contributed by atoms with Gasteiger partial charge in [-0.2, -0.15) is 0 Å². The fourth-order valence-electron chi connectivity index (χ4n) is 2.11. The van der Waals surface area contributed by atoms with Crippen LogP contribution in [0.5, 0.6) is 0 Å². The molecule has 1 aromatic carbocycles. The third kappa shape index (κ3) is 2.71. The van der Waals surface area contributed by atoms with E-state index in [4.69, 9.17) is 22.7 Å². The van der Waals surface area contributed by atoms with Gasteiger partial charge in [-0.25, -0.2) is 0 Å². The molecular formula is C14H18N2OS. The first-order chi connectivity index (χ1) is 8.74. The lowest BCUT2D eigenvalue weighted by atomic mass is 10.1. The minimum atomic E-state index is 0.452. The summed E-state index contributed by atoms with van der Waals surface area (Å²) in [6, 6.07) is 8.13. The van der Waals surface area contributed by atoms with Crippen LogP contribution in [0.4, 0.5) is 0 Å². The second-order valence-electron chi connectivity index (χ2n) is 4.16. The molecule has 0 saturated heterocycles. The van der Waals surface area contributed by atoms with Crippen LogP contribution in [0, 0.1) is 0 Å². The van der Waals surface area contributed by atoms with Crippen molar-refractivity contribution in [2.24, 2.45) is 5.73 Å². The van der Waals surface area contributed by atoms with Gasteiger partial charge in [-0.15, -0.1) is 0 Å². The minimum Gasteiger partial charge on any atom is -0.389 e. The molecule has 0 atom stereocenters. The van der Waals surface area contributed by atoms with Crippen molar-refractivity contribution in [3.63, 3.8) is 0 Å². The van der Waals surface area contributed by atoms with Gasteiger partial charge in [0, 0.05) is 42.4 Å². The molecule has 0 bridgehead atoms. The van der Waals surface area contributed by atoms with Gasteiger partial charge in [0.2, 0.25) is 0 Å². The van der Waals surface area contributed by atoms with Crippen molar-refractivity contribution in [3.8, 4) is 0 Å². The molecule has 2 N–H and O–H groups in total. The van der Waals surface area contributed by atoms with E-state index in [1.807, 2.05) is 19.1 Å². The summed E-state index contributed by atoms with van der Waals surface area (Å²) in [7, 11) is 0. The summed E-state index contributed by atoms with van der Waals surface area (Å²) in [5.41, 5.74) is 7.86. The number of nitrogens with zero attached hydrogens (tertiary/aromatic N) is 1. The summed E-state index contributed by atoms with van der Waals surface area (Å²) in [6.45, 7) is 4.53. The van der Waals surface area contributed by atoms with Gasteiger partial charge in [0.25, 0.3) is 0 Å². The van der Waals surface area contributed by atoms with Crippen molar-refractivity contribution in [2.45, 2.75) is 19.9 Å². The Morgan fingerprint density at radius 2 is 2.22 bits per heavy atom. The van der Waals surface area contributed by atoms with E-state index in [-0.39, 0.29) is 0 Å². The summed E-state index contributed by atoms with van der Waals surface area (Å²) in [4.78, 5) is 0.452.